The molecule has 2 aromatic carbocycles. The number of nitrogens with one attached hydrogen (secondary N) is 2. The molecule has 0 radical (unpaired) electrons. The molecule has 1 amide bonds. The van der Waals surface area contributed by atoms with Crippen molar-refractivity contribution in [3.05, 3.63) is 71.9 Å². The minimum atomic E-state index is -0.289. The number of hydrogen-bond donors (Lipinski definition) is 2. The van der Waals surface area contributed by atoms with Gasteiger partial charge in [-0.1, -0.05) is 0 Å². The van der Waals surface area contributed by atoms with Crippen molar-refractivity contribution in [2.24, 2.45) is 0 Å². The number of carbonyl (C=O) groups excluding carboxylic acids is 1. The number of ether oxygens (including phenoxy) is 2. The number of aromatic nitrogens is 1. The molecule has 0 fully saturated rings. The van der Waals surface area contributed by atoms with Gasteiger partial charge in [-0.3, -0.25) is 4.79 Å². The summed E-state index contributed by atoms with van der Waals surface area (Å²) in [6, 6.07) is 17.4. The molecule has 0 saturated carbocycles. The van der Waals surface area contributed by atoms with E-state index >= 15 is 0 Å². The third-order valence-corrected chi connectivity index (χ3v) is 3.97. The summed E-state index contributed by atoms with van der Waals surface area (Å²) in [6.45, 7) is 0. The average molecular weight is 374 g/mol. The molecule has 28 heavy (non-hydrogen) atoms. The standard InChI is InChI=1S/C21H18N4O3/c1-27-17-8-9-19(28-2)18(11-17)25-20-10-5-15(13-23-20)21(26)24-16-6-3-14(12-22)4-7-16/h3-11,13H,1-2H3,(H,23,25)(H,24,26). The lowest BCUT2D eigenvalue weighted by molar-refractivity contribution is 0.102. The lowest BCUT2D eigenvalue weighted by Gasteiger charge is -2.12. The second-order valence-electron chi connectivity index (χ2n) is 5.77. The van der Waals surface area contributed by atoms with Crippen molar-refractivity contribution in [1.82, 2.24) is 4.98 Å². The number of anilines is 3. The van der Waals surface area contributed by atoms with E-state index in [2.05, 4.69) is 15.6 Å². The molecule has 0 aliphatic heterocycles. The van der Waals surface area contributed by atoms with Crippen molar-refractivity contribution >= 4 is 23.1 Å². The van der Waals surface area contributed by atoms with E-state index in [0.717, 1.165) is 0 Å². The fourth-order valence-corrected chi connectivity index (χ4v) is 2.48. The van der Waals surface area contributed by atoms with Crippen molar-refractivity contribution in [1.29, 1.82) is 5.26 Å². The van der Waals surface area contributed by atoms with Gasteiger partial charge in [0.1, 0.15) is 17.3 Å². The maximum absolute atomic E-state index is 12.3. The van der Waals surface area contributed by atoms with Gasteiger partial charge in [-0.25, -0.2) is 4.98 Å². The van der Waals surface area contributed by atoms with Crippen LogP contribution in [0.3, 0.4) is 0 Å². The van der Waals surface area contributed by atoms with Gasteiger partial charge in [0.25, 0.3) is 5.91 Å². The molecule has 0 spiro atoms. The van der Waals surface area contributed by atoms with E-state index < -0.39 is 0 Å². The zero-order valence-electron chi connectivity index (χ0n) is 15.4. The van der Waals surface area contributed by atoms with Crippen LogP contribution in [0.4, 0.5) is 17.2 Å². The molecule has 3 aromatic rings. The van der Waals surface area contributed by atoms with Crippen LogP contribution in [-0.4, -0.2) is 25.1 Å². The minimum absolute atomic E-state index is 0.289. The van der Waals surface area contributed by atoms with E-state index in [9.17, 15) is 4.79 Å². The van der Waals surface area contributed by atoms with E-state index in [1.807, 2.05) is 6.07 Å². The summed E-state index contributed by atoms with van der Waals surface area (Å²) in [5.74, 6) is 1.59. The van der Waals surface area contributed by atoms with Crippen LogP contribution in [0, 0.1) is 11.3 Å². The Morgan fingerprint density at radius 3 is 2.43 bits per heavy atom. The number of nitrogens with zero attached hydrogens (tertiary/aromatic N) is 2. The van der Waals surface area contributed by atoms with Gasteiger partial charge in [-0.15, -0.1) is 0 Å². The summed E-state index contributed by atoms with van der Waals surface area (Å²) < 4.78 is 10.6. The van der Waals surface area contributed by atoms with E-state index in [1.54, 1.807) is 68.8 Å². The highest BCUT2D eigenvalue weighted by Crippen LogP contribution is 2.31. The van der Waals surface area contributed by atoms with Gasteiger partial charge in [0.2, 0.25) is 0 Å². The zero-order valence-corrected chi connectivity index (χ0v) is 15.4. The van der Waals surface area contributed by atoms with Crippen molar-refractivity contribution in [2.45, 2.75) is 0 Å². The largest absolute Gasteiger partial charge is 0.497 e. The monoisotopic (exact) mass is 374 g/mol. The molecule has 3 rings (SSSR count). The first-order valence-corrected chi connectivity index (χ1v) is 8.39. The number of carbonyl (C=O) groups is 1. The van der Waals surface area contributed by atoms with Gasteiger partial charge in [-0.05, 0) is 48.5 Å². The van der Waals surface area contributed by atoms with Crippen LogP contribution in [0.1, 0.15) is 15.9 Å². The molecule has 140 valence electrons. The number of benzene rings is 2. The topological polar surface area (TPSA) is 96.3 Å². The lowest BCUT2D eigenvalue weighted by Crippen LogP contribution is -2.12. The minimum Gasteiger partial charge on any atom is -0.497 e. The molecule has 1 aromatic heterocycles. The molecular formula is C21H18N4O3. The number of pyridine rings is 1. The van der Waals surface area contributed by atoms with Crippen molar-refractivity contribution < 1.29 is 14.3 Å². The molecule has 0 atom stereocenters. The molecule has 0 unspecified atom stereocenters. The van der Waals surface area contributed by atoms with Crippen LogP contribution < -0.4 is 20.1 Å². The molecule has 0 saturated heterocycles. The quantitative estimate of drug-likeness (QED) is 0.678. The number of rotatable bonds is 6. The van der Waals surface area contributed by atoms with Crippen LogP contribution in [0.2, 0.25) is 0 Å². The summed E-state index contributed by atoms with van der Waals surface area (Å²) in [7, 11) is 3.17. The fraction of sp³-hybridized carbons (Fsp3) is 0.0952. The first-order valence-electron chi connectivity index (χ1n) is 8.39. The molecule has 0 aliphatic carbocycles. The van der Waals surface area contributed by atoms with Gasteiger partial charge in [0.15, 0.2) is 0 Å². The Hall–Kier alpha value is -4.05. The van der Waals surface area contributed by atoms with Gasteiger partial charge >= 0.3 is 0 Å². The lowest BCUT2D eigenvalue weighted by atomic mass is 10.2. The Labute approximate surface area is 162 Å². The van der Waals surface area contributed by atoms with E-state index in [0.29, 0.717) is 39.8 Å². The first-order chi connectivity index (χ1) is 13.6. The van der Waals surface area contributed by atoms with Crippen molar-refractivity contribution in [3.63, 3.8) is 0 Å². The average Bonchev–Trinajstić information content (AvgIpc) is 2.74. The Kier molecular flexibility index (Phi) is 5.72. The predicted octanol–water partition coefficient (Wildman–Crippen LogP) is 3.97. The van der Waals surface area contributed by atoms with E-state index in [4.69, 9.17) is 14.7 Å². The van der Waals surface area contributed by atoms with E-state index in [1.165, 1.54) is 6.20 Å². The highest BCUT2D eigenvalue weighted by atomic mass is 16.5. The normalized spacial score (nSPS) is 9.89. The summed E-state index contributed by atoms with van der Waals surface area (Å²) in [4.78, 5) is 16.6. The fourth-order valence-electron chi connectivity index (χ4n) is 2.48. The third kappa shape index (κ3) is 4.37. The molecule has 7 nitrogen and oxygen atoms in total. The number of methoxy groups -OCH3 is 2. The highest BCUT2D eigenvalue weighted by Gasteiger charge is 2.09. The number of hydrogen-bond acceptors (Lipinski definition) is 6. The second-order valence-corrected chi connectivity index (χ2v) is 5.77. The molecular weight excluding hydrogens is 356 g/mol. The van der Waals surface area contributed by atoms with Gasteiger partial charge in [0, 0.05) is 18.0 Å². The molecule has 1 heterocycles. The van der Waals surface area contributed by atoms with Crippen LogP contribution in [0.5, 0.6) is 11.5 Å². The predicted molar refractivity (Wildman–Crippen MR) is 106 cm³/mol. The van der Waals surface area contributed by atoms with E-state index in [-0.39, 0.29) is 5.91 Å². The second kappa shape index (κ2) is 8.56. The molecule has 7 heteroatoms. The summed E-state index contributed by atoms with van der Waals surface area (Å²) in [5.41, 5.74) is 2.24. The maximum Gasteiger partial charge on any atom is 0.257 e. The Balaban J connectivity index is 1.71. The number of amides is 1. The van der Waals surface area contributed by atoms with Crippen LogP contribution in [0.25, 0.3) is 0 Å². The SMILES string of the molecule is COc1ccc(OC)c(Nc2ccc(C(=O)Nc3ccc(C#N)cc3)cn2)c1. The molecule has 0 bridgehead atoms. The van der Waals surface area contributed by atoms with Crippen LogP contribution in [-0.2, 0) is 0 Å². The summed E-state index contributed by atoms with van der Waals surface area (Å²) in [5, 5.41) is 14.7. The van der Waals surface area contributed by atoms with Gasteiger partial charge in [0.05, 0.1) is 37.1 Å². The van der Waals surface area contributed by atoms with Crippen LogP contribution in [0.15, 0.2) is 60.8 Å². The third-order valence-electron chi connectivity index (χ3n) is 3.97. The van der Waals surface area contributed by atoms with Crippen molar-refractivity contribution in [3.8, 4) is 17.6 Å². The smallest absolute Gasteiger partial charge is 0.257 e. The summed E-state index contributed by atoms with van der Waals surface area (Å²) in [6.07, 6.45) is 1.48. The van der Waals surface area contributed by atoms with Gasteiger partial charge in [-0.2, -0.15) is 5.26 Å². The Bertz CT molecular complexity index is 1010. The summed E-state index contributed by atoms with van der Waals surface area (Å²) >= 11 is 0. The Morgan fingerprint density at radius 2 is 1.82 bits per heavy atom. The zero-order chi connectivity index (χ0) is 19.9. The Morgan fingerprint density at radius 1 is 1.04 bits per heavy atom. The molecule has 0 aliphatic rings. The highest BCUT2D eigenvalue weighted by molar-refractivity contribution is 6.04. The maximum atomic E-state index is 12.3. The number of nitriles is 1. The van der Waals surface area contributed by atoms with Gasteiger partial charge < -0.3 is 20.1 Å². The van der Waals surface area contributed by atoms with Crippen molar-refractivity contribution in [2.75, 3.05) is 24.9 Å². The first kappa shape index (κ1) is 18.7. The molecule has 2 N–H and O–H groups in total. The van der Waals surface area contributed by atoms with Crippen LogP contribution >= 0.6 is 0 Å².